The van der Waals surface area contributed by atoms with E-state index < -0.39 is 0 Å². The molecule has 0 bridgehead atoms. The first-order valence-electron chi connectivity index (χ1n) is 5.57. The van der Waals surface area contributed by atoms with Crippen molar-refractivity contribution in [1.82, 2.24) is 5.43 Å². The molecule has 0 aliphatic heterocycles. The van der Waals surface area contributed by atoms with Crippen LogP contribution in [0.4, 0.5) is 0 Å². The summed E-state index contributed by atoms with van der Waals surface area (Å²) >= 11 is 0. The molecule has 1 rings (SSSR count). The van der Waals surface area contributed by atoms with E-state index in [0.29, 0.717) is 0 Å². The van der Waals surface area contributed by atoms with Gasteiger partial charge in [-0.2, -0.15) is 0 Å². The van der Waals surface area contributed by atoms with Gasteiger partial charge in [0.05, 0.1) is 5.60 Å². The van der Waals surface area contributed by atoms with Gasteiger partial charge in [-0.25, -0.2) is 0 Å². The molecule has 1 aromatic carbocycles. The number of aryl methyl sites for hydroxylation is 1. The van der Waals surface area contributed by atoms with Crippen LogP contribution in [-0.2, 0) is 4.74 Å². The molecule has 0 aliphatic rings. The summed E-state index contributed by atoms with van der Waals surface area (Å²) < 4.78 is 5.44. The van der Waals surface area contributed by atoms with Crippen LogP contribution in [0.5, 0.6) is 0 Å². The molecule has 0 amide bonds. The fourth-order valence-corrected chi connectivity index (χ4v) is 1.81. The van der Waals surface area contributed by atoms with Gasteiger partial charge in [0.2, 0.25) is 0 Å². The molecule has 0 heterocycles. The highest BCUT2D eigenvalue weighted by atomic mass is 16.5. The number of rotatable bonds is 5. The van der Waals surface area contributed by atoms with Crippen LogP contribution in [0.2, 0.25) is 0 Å². The highest BCUT2D eigenvalue weighted by Crippen LogP contribution is 2.27. The quantitative estimate of drug-likeness (QED) is 0.593. The Labute approximate surface area is 98.0 Å². The molecule has 3 nitrogen and oxygen atoms in total. The Kier molecular flexibility index (Phi) is 4.47. The maximum absolute atomic E-state index is 5.63. The third kappa shape index (κ3) is 3.30. The predicted molar refractivity (Wildman–Crippen MR) is 66.9 cm³/mol. The maximum Gasteiger partial charge on any atom is 0.0641 e. The predicted octanol–water partition coefficient (Wildman–Crippen LogP) is 2.31. The summed E-state index contributed by atoms with van der Waals surface area (Å²) in [7, 11) is 1.73. The van der Waals surface area contributed by atoms with Crippen LogP contribution >= 0.6 is 0 Å². The van der Waals surface area contributed by atoms with Crippen molar-refractivity contribution in [2.45, 2.75) is 38.8 Å². The number of nitrogens with two attached hydrogens (primary N) is 1. The molecule has 90 valence electrons. The van der Waals surface area contributed by atoms with Crippen molar-refractivity contribution < 1.29 is 4.74 Å². The van der Waals surface area contributed by atoms with Gasteiger partial charge in [-0.1, -0.05) is 24.3 Å². The van der Waals surface area contributed by atoms with E-state index in [2.05, 4.69) is 38.3 Å². The van der Waals surface area contributed by atoms with E-state index in [1.807, 2.05) is 12.1 Å². The molecular weight excluding hydrogens is 200 g/mol. The molecular formula is C13H22N2O. The summed E-state index contributed by atoms with van der Waals surface area (Å²) in [6, 6.07) is 8.39. The third-order valence-electron chi connectivity index (χ3n) is 3.01. The van der Waals surface area contributed by atoms with Gasteiger partial charge in [0.15, 0.2) is 0 Å². The smallest absolute Gasteiger partial charge is 0.0641 e. The van der Waals surface area contributed by atoms with Gasteiger partial charge in [-0.05, 0) is 38.3 Å². The zero-order valence-corrected chi connectivity index (χ0v) is 10.6. The summed E-state index contributed by atoms with van der Waals surface area (Å²) in [5.41, 5.74) is 5.17. The monoisotopic (exact) mass is 222 g/mol. The zero-order valence-electron chi connectivity index (χ0n) is 10.6. The van der Waals surface area contributed by atoms with Gasteiger partial charge in [-0.15, -0.1) is 0 Å². The first kappa shape index (κ1) is 13.2. The van der Waals surface area contributed by atoms with Crippen LogP contribution in [-0.4, -0.2) is 12.7 Å². The largest absolute Gasteiger partial charge is 0.379 e. The van der Waals surface area contributed by atoms with E-state index in [4.69, 9.17) is 10.6 Å². The third-order valence-corrected chi connectivity index (χ3v) is 3.01. The molecule has 1 aromatic rings. The Morgan fingerprint density at radius 1 is 1.38 bits per heavy atom. The average molecular weight is 222 g/mol. The van der Waals surface area contributed by atoms with Crippen LogP contribution in [0.1, 0.15) is 37.4 Å². The molecule has 0 saturated carbocycles. The lowest BCUT2D eigenvalue weighted by Crippen LogP contribution is -2.35. The van der Waals surface area contributed by atoms with Gasteiger partial charge in [-0.3, -0.25) is 11.3 Å². The summed E-state index contributed by atoms with van der Waals surface area (Å²) in [4.78, 5) is 0. The summed E-state index contributed by atoms with van der Waals surface area (Å²) in [5.74, 6) is 5.63. The number of nitrogens with one attached hydrogen (secondary N) is 1. The van der Waals surface area contributed by atoms with Crippen LogP contribution in [0, 0.1) is 6.92 Å². The minimum absolute atomic E-state index is 0.121. The summed E-state index contributed by atoms with van der Waals surface area (Å²) in [5, 5.41) is 0. The number of hydrazine groups is 1. The summed E-state index contributed by atoms with van der Waals surface area (Å²) in [6.07, 6.45) is 0.838. The Bertz CT molecular complexity index is 336. The van der Waals surface area contributed by atoms with Gasteiger partial charge in [0.25, 0.3) is 0 Å². The van der Waals surface area contributed by atoms with Crippen molar-refractivity contribution in [1.29, 1.82) is 0 Å². The normalized spacial score (nSPS) is 13.8. The molecule has 1 unspecified atom stereocenters. The van der Waals surface area contributed by atoms with E-state index >= 15 is 0 Å². The molecule has 0 aliphatic carbocycles. The highest BCUT2D eigenvalue weighted by Gasteiger charge is 2.23. The number of ether oxygens (including phenoxy) is 1. The van der Waals surface area contributed by atoms with Crippen molar-refractivity contribution >= 4 is 0 Å². The van der Waals surface area contributed by atoms with Crippen molar-refractivity contribution in [2.24, 2.45) is 5.84 Å². The van der Waals surface area contributed by atoms with E-state index in [0.717, 1.165) is 6.42 Å². The Morgan fingerprint density at radius 2 is 2.00 bits per heavy atom. The Balaban J connectivity index is 2.87. The SMILES string of the molecule is COC(C)(C)CC(NN)c1ccccc1C. The van der Waals surface area contributed by atoms with E-state index in [-0.39, 0.29) is 11.6 Å². The zero-order chi connectivity index (χ0) is 12.2. The van der Waals surface area contributed by atoms with E-state index in [9.17, 15) is 0 Å². The number of hydrogen-bond donors (Lipinski definition) is 2. The van der Waals surface area contributed by atoms with Gasteiger partial charge < -0.3 is 4.74 Å². The van der Waals surface area contributed by atoms with Crippen molar-refractivity contribution in [2.75, 3.05) is 7.11 Å². The average Bonchev–Trinajstić information content (AvgIpc) is 2.27. The van der Waals surface area contributed by atoms with Crippen LogP contribution < -0.4 is 11.3 Å². The molecule has 16 heavy (non-hydrogen) atoms. The van der Waals surface area contributed by atoms with Crippen LogP contribution in [0.25, 0.3) is 0 Å². The molecule has 3 heteroatoms. The van der Waals surface area contributed by atoms with Gasteiger partial charge in [0, 0.05) is 13.2 Å². The Hall–Kier alpha value is -0.900. The maximum atomic E-state index is 5.63. The molecule has 0 radical (unpaired) electrons. The Morgan fingerprint density at radius 3 is 2.50 bits per heavy atom. The van der Waals surface area contributed by atoms with Crippen molar-refractivity contribution in [3.63, 3.8) is 0 Å². The number of hydrogen-bond acceptors (Lipinski definition) is 3. The topological polar surface area (TPSA) is 47.3 Å². The number of methoxy groups -OCH3 is 1. The molecule has 0 aromatic heterocycles. The van der Waals surface area contributed by atoms with Crippen LogP contribution in [0.15, 0.2) is 24.3 Å². The minimum atomic E-state index is -0.181. The van der Waals surface area contributed by atoms with Crippen molar-refractivity contribution in [3.05, 3.63) is 35.4 Å². The lowest BCUT2D eigenvalue weighted by atomic mass is 9.92. The first-order valence-corrected chi connectivity index (χ1v) is 5.57. The lowest BCUT2D eigenvalue weighted by molar-refractivity contribution is 0.00677. The van der Waals surface area contributed by atoms with Gasteiger partial charge >= 0.3 is 0 Å². The molecule has 1 atom stereocenters. The minimum Gasteiger partial charge on any atom is -0.379 e. The molecule has 3 N–H and O–H groups in total. The fraction of sp³-hybridized carbons (Fsp3) is 0.538. The standard InChI is InChI=1S/C13H22N2O/c1-10-7-5-6-8-11(10)12(15-14)9-13(2,3)16-4/h5-8,12,15H,9,14H2,1-4H3. The summed E-state index contributed by atoms with van der Waals surface area (Å²) in [6.45, 7) is 6.23. The van der Waals surface area contributed by atoms with Crippen molar-refractivity contribution in [3.8, 4) is 0 Å². The number of benzene rings is 1. The van der Waals surface area contributed by atoms with E-state index in [1.165, 1.54) is 11.1 Å². The molecule has 0 saturated heterocycles. The van der Waals surface area contributed by atoms with Gasteiger partial charge in [0.1, 0.15) is 0 Å². The highest BCUT2D eigenvalue weighted by molar-refractivity contribution is 5.28. The van der Waals surface area contributed by atoms with Crippen LogP contribution in [0.3, 0.4) is 0 Å². The second kappa shape index (κ2) is 5.43. The second-order valence-corrected chi connectivity index (χ2v) is 4.74. The first-order chi connectivity index (χ1) is 7.50. The fourth-order valence-electron chi connectivity index (χ4n) is 1.81. The van der Waals surface area contributed by atoms with E-state index in [1.54, 1.807) is 7.11 Å². The second-order valence-electron chi connectivity index (χ2n) is 4.74. The molecule has 0 spiro atoms. The lowest BCUT2D eigenvalue weighted by Gasteiger charge is -2.29. The molecule has 0 fully saturated rings.